The van der Waals surface area contributed by atoms with Crippen molar-refractivity contribution >= 4 is 27.8 Å². The van der Waals surface area contributed by atoms with Gasteiger partial charge in [-0.2, -0.15) is 0 Å². The lowest BCUT2D eigenvalue weighted by Crippen LogP contribution is -2.13. The number of nitrogens with zero attached hydrogens (tertiary/aromatic N) is 1. The van der Waals surface area contributed by atoms with Crippen LogP contribution >= 0.6 is 0 Å². The monoisotopic (exact) mass is 352 g/mol. The van der Waals surface area contributed by atoms with Crippen molar-refractivity contribution in [3.8, 4) is 17.2 Å². The average Bonchev–Trinajstić information content (AvgIpc) is 2.97. The molecule has 4 aromatic rings. The van der Waals surface area contributed by atoms with E-state index in [1.807, 2.05) is 0 Å². The van der Waals surface area contributed by atoms with Crippen molar-refractivity contribution < 1.29 is 24.2 Å². The van der Waals surface area contributed by atoms with Gasteiger partial charge in [0.1, 0.15) is 17.0 Å². The number of carboxylic acids is 1. The second-order valence-electron chi connectivity index (χ2n) is 5.65. The molecule has 4 rings (SSSR count). The number of nitrogens with one attached hydrogen (secondary N) is 1. The molecule has 2 heterocycles. The molecule has 0 unspecified atom stereocenters. The lowest BCUT2D eigenvalue weighted by molar-refractivity contribution is 0.0687. The summed E-state index contributed by atoms with van der Waals surface area (Å²) in [4.78, 5) is 29.5. The first kappa shape index (κ1) is 15.7. The Hall–Kier alpha value is -3.81. The number of carboxylic acid groups (broad SMARTS) is 1. The number of fused-ring (bicyclic) bond motifs is 2. The molecule has 0 atom stereocenters. The molecule has 2 aromatic heterocycles. The first-order valence-corrected chi connectivity index (χ1v) is 7.60. The Bertz CT molecular complexity index is 1240. The fourth-order valence-electron chi connectivity index (χ4n) is 2.73. The summed E-state index contributed by atoms with van der Waals surface area (Å²) >= 11 is 0. The number of benzene rings is 2. The SMILES string of the molecule is Cc1nc2ccc(Oc3ccc4c(=O)[nH]c(C(=O)O)c(O)c4c3)cc2o1. The number of hydrogen-bond donors (Lipinski definition) is 3. The van der Waals surface area contributed by atoms with Gasteiger partial charge in [-0.3, -0.25) is 4.79 Å². The van der Waals surface area contributed by atoms with E-state index < -0.39 is 23.0 Å². The second kappa shape index (κ2) is 5.62. The maximum atomic E-state index is 12.0. The second-order valence-corrected chi connectivity index (χ2v) is 5.65. The van der Waals surface area contributed by atoms with E-state index in [1.54, 1.807) is 31.2 Å². The third kappa shape index (κ3) is 2.53. The van der Waals surface area contributed by atoms with Crippen LogP contribution in [0.15, 0.2) is 45.6 Å². The first-order valence-electron chi connectivity index (χ1n) is 7.60. The van der Waals surface area contributed by atoms with Crippen LogP contribution in [0.3, 0.4) is 0 Å². The number of hydrogen-bond acceptors (Lipinski definition) is 6. The van der Waals surface area contributed by atoms with Gasteiger partial charge >= 0.3 is 5.97 Å². The van der Waals surface area contributed by atoms with E-state index in [2.05, 4.69) is 9.97 Å². The number of pyridine rings is 1. The van der Waals surface area contributed by atoms with Gasteiger partial charge in [0.2, 0.25) is 0 Å². The molecule has 0 bridgehead atoms. The zero-order valence-electron chi connectivity index (χ0n) is 13.4. The normalized spacial score (nSPS) is 11.1. The van der Waals surface area contributed by atoms with Gasteiger partial charge in [-0.25, -0.2) is 9.78 Å². The molecule has 0 aliphatic rings. The number of H-pyrrole nitrogens is 1. The quantitative estimate of drug-likeness (QED) is 0.517. The highest BCUT2D eigenvalue weighted by atomic mass is 16.5. The van der Waals surface area contributed by atoms with Gasteiger partial charge in [-0.1, -0.05) is 0 Å². The minimum Gasteiger partial charge on any atom is -0.505 e. The van der Waals surface area contributed by atoms with Crippen LogP contribution in [0.5, 0.6) is 17.2 Å². The molecular formula is C18H12N2O6. The fourth-order valence-corrected chi connectivity index (χ4v) is 2.73. The highest BCUT2D eigenvalue weighted by Gasteiger charge is 2.17. The van der Waals surface area contributed by atoms with Crippen molar-refractivity contribution in [3.63, 3.8) is 0 Å². The topological polar surface area (TPSA) is 126 Å². The molecule has 0 saturated carbocycles. The van der Waals surface area contributed by atoms with Gasteiger partial charge in [0.05, 0.1) is 5.39 Å². The Morgan fingerprint density at radius 2 is 1.88 bits per heavy atom. The van der Waals surface area contributed by atoms with E-state index in [9.17, 15) is 14.7 Å². The Labute approximate surface area is 145 Å². The lowest BCUT2D eigenvalue weighted by atomic mass is 10.1. The molecular weight excluding hydrogens is 340 g/mol. The average molecular weight is 352 g/mol. The molecule has 3 N–H and O–H groups in total. The van der Waals surface area contributed by atoms with Crippen LogP contribution < -0.4 is 10.3 Å². The standard InChI is InChI=1S/C18H12N2O6/c1-8-19-13-5-3-10(7-14(13)25-8)26-9-2-4-11-12(6-9)16(21)15(18(23)24)20-17(11)22/h2-7,21H,1H3,(H,20,22)(H,23,24). The molecule has 0 amide bonds. The Morgan fingerprint density at radius 1 is 1.15 bits per heavy atom. The number of aryl methyl sites for hydroxylation is 1. The molecule has 0 aliphatic heterocycles. The largest absolute Gasteiger partial charge is 0.505 e. The van der Waals surface area contributed by atoms with Crippen molar-refractivity contribution in [3.05, 3.63) is 58.3 Å². The fraction of sp³-hybridized carbons (Fsp3) is 0.0556. The number of aromatic nitrogens is 2. The van der Waals surface area contributed by atoms with Gasteiger partial charge in [0.15, 0.2) is 22.9 Å². The summed E-state index contributed by atoms with van der Waals surface area (Å²) in [5.74, 6) is -0.632. The predicted octanol–water partition coefficient (Wildman–Crippen LogP) is 3.17. The van der Waals surface area contributed by atoms with E-state index in [1.165, 1.54) is 12.1 Å². The van der Waals surface area contributed by atoms with Crippen LogP contribution in [0.1, 0.15) is 16.4 Å². The Balaban J connectivity index is 1.79. The summed E-state index contributed by atoms with van der Waals surface area (Å²) in [7, 11) is 0. The van der Waals surface area contributed by atoms with Crippen LogP contribution in [0.2, 0.25) is 0 Å². The third-order valence-corrected chi connectivity index (χ3v) is 3.88. The van der Waals surface area contributed by atoms with Crippen LogP contribution in [0.25, 0.3) is 21.9 Å². The molecule has 0 fully saturated rings. The molecule has 0 aliphatic carbocycles. The highest BCUT2D eigenvalue weighted by Crippen LogP contribution is 2.31. The van der Waals surface area contributed by atoms with Crippen LogP contribution in [0, 0.1) is 6.92 Å². The van der Waals surface area contributed by atoms with Gasteiger partial charge < -0.3 is 24.4 Å². The van der Waals surface area contributed by atoms with Gasteiger partial charge in [-0.15, -0.1) is 0 Å². The van der Waals surface area contributed by atoms with E-state index in [4.69, 9.17) is 14.3 Å². The number of ether oxygens (including phenoxy) is 1. The number of carbonyl (C=O) groups is 1. The smallest absolute Gasteiger partial charge is 0.356 e. The third-order valence-electron chi connectivity index (χ3n) is 3.88. The number of aromatic amines is 1. The molecule has 2 aromatic carbocycles. The minimum absolute atomic E-state index is 0.0836. The van der Waals surface area contributed by atoms with Gasteiger partial charge in [-0.05, 0) is 30.3 Å². The molecule has 130 valence electrons. The molecule has 0 spiro atoms. The van der Waals surface area contributed by atoms with Gasteiger partial charge in [0.25, 0.3) is 5.56 Å². The van der Waals surface area contributed by atoms with E-state index in [0.717, 1.165) is 0 Å². The summed E-state index contributed by atoms with van der Waals surface area (Å²) in [6, 6.07) is 9.52. The van der Waals surface area contributed by atoms with Gasteiger partial charge in [0, 0.05) is 18.4 Å². The lowest BCUT2D eigenvalue weighted by Gasteiger charge is -2.08. The maximum Gasteiger partial charge on any atom is 0.356 e. The predicted molar refractivity (Wildman–Crippen MR) is 92.0 cm³/mol. The first-order chi connectivity index (χ1) is 12.4. The zero-order chi connectivity index (χ0) is 18.4. The minimum atomic E-state index is -1.43. The van der Waals surface area contributed by atoms with Crippen molar-refractivity contribution in [2.24, 2.45) is 0 Å². The summed E-state index contributed by atoms with van der Waals surface area (Å²) in [6.45, 7) is 1.74. The Morgan fingerprint density at radius 3 is 2.65 bits per heavy atom. The summed E-state index contributed by atoms with van der Waals surface area (Å²) in [5, 5.41) is 19.5. The number of rotatable bonds is 3. The van der Waals surface area contributed by atoms with Crippen LogP contribution in [0.4, 0.5) is 0 Å². The van der Waals surface area contributed by atoms with E-state index >= 15 is 0 Å². The number of aromatic hydroxyl groups is 1. The highest BCUT2D eigenvalue weighted by molar-refractivity contribution is 5.98. The summed E-state index contributed by atoms with van der Waals surface area (Å²) < 4.78 is 11.2. The molecule has 8 nitrogen and oxygen atoms in total. The van der Waals surface area contributed by atoms with Crippen LogP contribution in [-0.4, -0.2) is 26.2 Å². The molecule has 0 saturated heterocycles. The molecule has 0 radical (unpaired) electrons. The Kier molecular flexibility index (Phi) is 3.40. The summed E-state index contributed by atoms with van der Waals surface area (Å²) in [6.07, 6.45) is 0. The van der Waals surface area contributed by atoms with E-state index in [-0.39, 0.29) is 10.8 Å². The van der Waals surface area contributed by atoms with Crippen molar-refractivity contribution in [1.29, 1.82) is 0 Å². The van der Waals surface area contributed by atoms with Crippen molar-refractivity contribution in [2.45, 2.75) is 6.92 Å². The zero-order valence-corrected chi connectivity index (χ0v) is 13.4. The number of oxazole rings is 1. The summed E-state index contributed by atoms with van der Waals surface area (Å²) in [5.41, 5.74) is 0.0791. The molecule has 8 heteroatoms. The van der Waals surface area contributed by atoms with Crippen LogP contribution in [-0.2, 0) is 0 Å². The van der Waals surface area contributed by atoms with Crippen molar-refractivity contribution in [1.82, 2.24) is 9.97 Å². The number of aromatic carboxylic acids is 1. The maximum absolute atomic E-state index is 12.0. The van der Waals surface area contributed by atoms with Crippen molar-refractivity contribution in [2.75, 3.05) is 0 Å². The van der Waals surface area contributed by atoms with E-state index in [0.29, 0.717) is 28.5 Å². The molecule has 26 heavy (non-hydrogen) atoms.